The van der Waals surface area contributed by atoms with Crippen LogP contribution in [-0.4, -0.2) is 23.1 Å². The zero-order chi connectivity index (χ0) is 26.0. The van der Waals surface area contributed by atoms with Gasteiger partial charge < -0.3 is 10.1 Å². The van der Waals surface area contributed by atoms with Gasteiger partial charge in [-0.1, -0.05) is 84.9 Å². The zero-order valence-electron chi connectivity index (χ0n) is 21.1. The van der Waals surface area contributed by atoms with Crippen molar-refractivity contribution in [2.45, 2.75) is 19.2 Å². The van der Waals surface area contributed by atoms with Gasteiger partial charge in [0.1, 0.15) is 11.5 Å². The molecular weight excluding hydrogens is 496 g/mol. The molecule has 6 heteroatoms. The standard InChI is InChI=1S/C31H30N2O2S2/c1-24-18-19-29(35-2)28(20-24)32-30(34)23-37(22-26-14-8-4-9-15-26)31(36)33(27-16-10-5-11-17-27)21-25-12-6-3-7-13-25/h3-20H,21-23H2,1-2H3/p+1. The summed E-state index contributed by atoms with van der Waals surface area (Å²) in [5.74, 6) is 1.52. The highest BCUT2D eigenvalue weighted by atomic mass is 32.2. The van der Waals surface area contributed by atoms with Gasteiger partial charge >= 0.3 is 0 Å². The van der Waals surface area contributed by atoms with Crippen molar-refractivity contribution in [3.63, 3.8) is 0 Å². The van der Waals surface area contributed by atoms with Gasteiger partial charge in [-0.25, -0.2) is 0 Å². The summed E-state index contributed by atoms with van der Waals surface area (Å²) in [5, 5.41) is 3.07. The van der Waals surface area contributed by atoms with E-state index in [0.717, 1.165) is 26.7 Å². The summed E-state index contributed by atoms with van der Waals surface area (Å²) in [6.07, 6.45) is 0. The minimum atomic E-state index is -0.538. The van der Waals surface area contributed by atoms with E-state index in [9.17, 15) is 4.79 Å². The molecule has 0 radical (unpaired) electrons. The molecular formula is C31H31N2O2S2+. The number of carbonyl (C=O) groups is 1. The minimum absolute atomic E-state index is 0.0850. The Labute approximate surface area is 227 Å². The molecule has 1 N–H and O–H groups in total. The van der Waals surface area contributed by atoms with Gasteiger partial charge in [-0.3, -0.25) is 9.69 Å². The van der Waals surface area contributed by atoms with Gasteiger partial charge in [0.05, 0.1) is 30.2 Å². The van der Waals surface area contributed by atoms with Crippen molar-refractivity contribution in [3.8, 4) is 5.75 Å². The van der Waals surface area contributed by atoms with Crippen LogP contribution >= 0.6 is 12.2 Å². The Morgan fingerprint density at radius 2 is 1.46 bits per heavy atom. The second kappa shape index (κ2) is 13.1. The number of rotatable bonds is 9. The molecule has 0 aliphatic rings. The lowest BCUT2D eigenvalue weighted by Crippen LogP contribution is -2.39. The zero-order valence-corrected chi connectivity index (χ0v) is 22.7. The fourth-order valence-electron chi connectivity index (χ4n) is 4.00. The molecule has 4 rings (SSSR count). The fraction of sp³-hybridized carbons (Fsp3) is 0.161. The summed E-state index contributed by atoms with van der Waals surface area (Å²) >= 11 is 6.16. The molecule has 0 bridgehead atoms. The van der Waals surface area contributed by atoms with E-state index in [-0.39, 0.29) is 11.7 Å². The summed E-state index contributed by atoms with van der Waals surface area (Å²) < 4.78 is 6.23. The number of carbonyl (C=O) groups excluding carboxylic acids is 1. The maximum Gasteiger partial charge on any atom is 0.295 e. The van der Waals surface area contributed by atoms with Gasteiger partial charge in [-0.15, -0.1) is 0 Å². The quantitative estimate of drug-likeness (QED) is 0.193. The third kappa shape index (κ3) is 7.44. The molecule has 4 nitrogen and oxygen atoms in total. The van der Waals surface area contributed by atoms with E-state index >= 15 is 0 Å². The molecule has 0 heterocycles. The molecule has 0 saturated carbocycles. The minimum Gasteiger partial charge on any atom is -0.495 e. The predicted molar refractivity (Wildman–Crippen MR) is 160 cm³/mol. The van der Waals surface area contributed by atoms with Crippen LogP contribution in [-0.2, 0) is 28.0 Å². The molecule has 4 aromatic carbocycles. The fourth-order valence-corrected chi connectivity index (χ4v) is 6.34. The summed E-state index contributed by atoms with van der Waals surface area (Å²) in [6.45, 7) is 2.63. The Bertz CT molecular complexity index is 1320. The van der Waals surface area contributed by atoms with Gasteiger partial charge in [0.2, 0.25) is 0 Å². The van der Waals surface area contributed by atoms with Gasteiger partial charge in [0, 0.05) is 11.3 Å². The van der Waals surface area contributed by atoms with Crippen molar-refractivity contribution in [3.05, 3.63) is 126 Å². The molecule has 0 fully saturated rings. The largest absolute Gasteiger partial charge is 0.495 e. The van der Waals surface area contributed by atoms with E-state index in [1.807, 2.05) is 79.7 Å². The molecule has 37 heavy (non-hydrogen) atoms. The molecule has 1 atom stereocenters. The van der Waals surface area contributed by atoms with E-state index < -0.39 is 10.9 Å². The molecule has 188 valence electrons. The third-order valence-electron chi connectivity index (χ3n) is 5.84. The first-order chi connectivity index (χ1) is 18.0. The number of amides is 1. The normalized spacial score (nSPS) is 11.4. The predicted octanol–water partition coefficient (Wildman–Crippen LogP) is 6.75. The summed E-state index contributed by atoms with van der Waals surface area (Å²) in [5.41, 5.74) is 5.05. The Kier molecular flexibility index (Phi) is 9.35. The van der Waals surface area contributed by atoms with Crippen LogP contribution in [0.3, 0.4) is 0 Å². The van der Waals surface area contributed by atoms with E-state index in [1.54, 1.807) is 7.11 Å². The number of methoxy groups -OCH3 is 1. The van der Waals surface area contributed by atoms with E-state index in [1.165, 1.54) is 0 Å². The first-order valence-corrected chi connectivity index (χ1v) is 14.1. The lowest BCUT2D eigenvalue weighted by molar-refractivity contribution is -0.113. The molecule has 0 aliphatic heterocycles. The average molecular weight is 528 g/mol. The van der Waals surface area contributed by atoms with Gasteiger partial charge in [0.15, 0.2) is 5.75 Å². The van der Waals surface area contributed by atoms with Crippen LogP contribution in [0.1, 0.15) is 16.7 Å². The maximum atomic E-state index is 13.4. The number of ether oxygens (including phenoxy) is 1. The topological polar surface area (TPSA) is 41.6 Å². The number of thiocarbonyl (C=S) groups is 1. The molecule has 0 aliphatic carbocycles. The second-order valence-corrected chi connectivity index (χ2v) is 11.3. The van der Waals surface area contributed by atoms with Crippen LogP contribution < -0.4 is 15.0 Å². The van der Waals surface area contributed by atoms with Crippen molar-refractivity contribution in [1.29, 1.82) is 0 Å². The number of anilines is 2. The number of nitrogens with zero attached hydrogens (tertiary/aromatic N) is 1. The molecule has 0 saturated heterocycles. The lowest BCUT2D eigenvalue weighted by Gasteiger charge is -2.24. The van der Waals surface area contributed by atoms with Crippen molar-refractivity contribution >= 4 is 44.7 Å². The van der Waals surface area contributed by atoms with Crippen LogP contribution in [0.5, 0.6) is 5.75 Å². The van der Waals surface area contributed by atoms with Crippen LogP contribution in [0.2, 0.25) is 0 Å². The Morgan fingerprint density at radius 3 is 2.08 bits per heavy atom. The Balaban J connectivity index is 1.62. The van der Waals surface area contributed by atoms with Crippen molar-refractivity contribution < 1.29 is 9.53 Å². The number of aryl methyl sites for hydroxylation is 1. The molecule has 0 aromatic heterocycles. The Morgan fingerprint density at radius 1 is 0.865 bits per heavy atom. The summed E-state index contributed by atoms with van der Waals surface area (Å²) in [7, 11) is 1.07. The first-order valence-electron chi connectivity index (χ1n) is 12.1. The number of hydrogen-bond donors (Lipinski definition) is 1. The van der Waals surface area contributed by atoms with Crippen LogP contribution in [0, 0.1) is 6.92 Å². The molecule has 1 unspecified atom stereocenters. The number of para-hydroxylation sites is 1. The van der Waals surface area contributed by atoms with E-state index in [4.69, 9.17) is 17.0 Å². The van der Waals surface area contributed by atoms with Crippen LogP contribution in [0.15, 0.2) is 109 Å². The van der Waals surface area contributed by atoms with Crippen LogP contribution in [0.4, 0.5) is 11.4 Å². The molecule has 1 amide bonds. The molecule has 0 spiro atoms. The summed E-state index contributed by atoms with van der Waals surface area (Å²) in [4.78, 5) is 15.5. The van der Waals surface area contributed by atoms with Crippen molar-refractivity contribution in [2.24, 2.45) is 0 Å². The van der Waals surface area contributed by atoms with Gasteiger partial charge in [-0.05, 0) is 54.5 Å². The van der Waals surface area contributed by atoms with Gasteiger partial charge in [0.25, 0.3) is 10.2 Å². The smallest absolute Gasteiger partial charge is 0.295 e. The van der Waals surface area contributed by atoms with Gasteiger partial charge in [-0.2, -0.15) is 0 Å². The van der Waals surface area contributed by atoms with Crippen molar-refractivity contribution in [1.82, 2.24) is 0 Å². The van der Waals surface area contributed by atoms with E-state index in [0.29, 0.717) is 23.7 Å². The third-order valence-corrected chi connectivity index (χ3v) is 8.77. The van der Waals surface area contributed by atoms with Crippen molar-refractivity contribution in [2.75, 3.05) is 23.1 Å². The number of benzene rings is 4. The molecule has 4 aromatic rings. The SMILES string of the molecule is COc1ccc(C)cc1NC(=O)C[S+](Cc1ccccc1)C(=S)N(Cc1ccccc1)c1ccccc1. The maximum absolute atomic E-state index is 13.4. The highest BCUT2D eigenvalue weighted by molar-refractivity contribution is 8.20. The highest BCUT2D eigenvalue weighted by Gasteiger charge is 2.34. The monoisotopic (exact) mass is 527 g/mol. The van der Waals surface area contributed by atoms with E-state index in [2.05, 4.69) is 46.6 Å². The lowest BCUT2D eigenvalue weighted by atomic mass is 10.2. The summed E-state index contributed by atoms with van der Waals surface area (Å²) in [6, 6.07) is 36.4. The second-order valence-electron chi connectivity index (χ2n) is 8.69. The van der Waals surface area contributed by atoms with Crippen LogP contribution in [0.25, 0.3) is 0 Å². The average Bonchev–Trinajstić information content (AvgIpc) is 2.93. The Hall–Kier alpha value is -3.61. The highest BCUT2D eigenvalue weighted by Crippen LogP contribution is 2.27. The number of hydrogen-bond acceptors (Lipinski definition) is 3. The number of nitrogens with one attached hydrogen (secondary N) is 1. The first kappa shape index (κ1) is 26.5.